The van der Waals surface area contributed by atoms with Crippen LogP contribution < -0.4 is 41.4 Å². The molecule has 11 heteroatoms. The van der Waals surface area contributed by atoms with Crippen LogP contribution in [0.15, 0.2) is 52.1 Å². The number of nitrogen functional groups attached to an aromatic ring is 1. The summed E-state index contributed by atoms with van der Waals surface area (Å²) in [5.41, 5.74) is 6.44. The molecule has 0 unspecified atom stereocenters. The fourth-order valence-electron chi connectivity index (χ4n) is 3.64. The van der Waals surface area contributed by atoms with E-state index < -0.39 is 11.2 Å². The van der Waals surface area contributed by atoms with Crippen LogP contribution in [0.1, 0.15) is 11.1 Å². The SMILES string of the molecule is COc1cc(OC)c(OC)cc1CNC(=O)CN(C)c1c(N)n(Cc2ccccc2)c(=O)[nH]c1=O. The minimum absolute atomic E-state index is 0.0272. The van der Waals surface area contributed by atoms with Gasteiger partial charge in [0.05, 0.1) is 34.4 Å². The molecule has 0 atom stereocenters. The van der Waals surface area contributed by atoms with Gasteiger partial charge in [-0.3, -0.25) is 19.1 Å². The second kappa shape index (κ2) is 11.1. The fraction of sp³-hybridized carbons (Fsp3) is 0.292. The number of benzene rings is 2. The molecule has 0 spiro atoms. The number of H-pyrrole nitrogens is 1. The van der Waals surface area contributed by atoms with Crippen molar-refractivity contribution in [1.82, 2.24) is 14.9 Å². The first-order valence-electron chi connectivity index (χ1n) is 10.7. The topological polar surface area (TPSA) is 141 Å². The van der Waals surface area contributed by atoms with Gasteiger partial charge in [0.2, 0.25) is 5.91 Å². The number of nitrogens with zero attached hydrogens (tertiary/aromatic N) is 2. The van der Waals surface area contributed by atoms with Crippen LogP contribution in [0.5, 0.6) is 17.2 Å². The Labute approximate surface area is 202 Å². The third-order valence-corrected chi connectivity index (χ3v) is 5.42. The Bertz CT molecular complexity index is 1300. The van der Waals surface area contributed by atoms with Gasteiger partial charge in [0.15, 0.2) is 11.5 Å². The Hall–Kier alpha value is -4.41. The van der Waals surface area contributed by atoms with Gasteiger partial charge in [-0.05, 0) is 11.6 Å². The van der Waals surface area contributed by atoms with Crippen LogP contribution in [0.4, 0.5) is 11.5 Å². The predicted molar refractivity (Wildman–Crippen MR) is 132 cm³/mol. The summed E-state index contributed by atoms with van der Waals surface area (Å²) in [5, 5.41) is 2.79. The molecule has 35 heavy (non-hydrogen) atoms. The zero-order chi connectivity index (χ0) is 25.5. The summed E-state index contributed by atoms with van der Waals surface area (Å²) in [6, 6.07) is 12.6. The molecule has 1 heterocycles. The molecule has 0 fully saturated rings. The lowest BCUT2D eigenvalue weighted by Gasteiger charge is -2.21. The molecule has 0 aliphatic rings. The number of likely N-dealkylation sites (N-methyl/N-ethyl adjacent to an activating group) is 1. The lowest BCUT2D eigenvalue weighted by molar-refractivity contribution is -0.119. The molecular weight excluding hydrogens is 454 g/mol. The van der Waals surface area contributed by atoms with E-state index in [1.807, 2.05) is 30.3 Å². The molecule has 3 rings (SSSR count). The second-order valence-corrected chi connectivity index (χ2v) is 7.72. The summed E-state index contributed by atoms with van der Waals surface area (Å²) in [6.45, 7) is 0.149. The van der Waals surface area contributed by atoms with Gasteiger partial charge in [-0.1, -0.05) is 30.3 Å². The molecular formula is C24H29N5O6. The Morgan fingerprint density at radius 1 is 1.03 bits per heavy atom. The van der Waals surface area contributed by atoms with Gasteiger partial charge in [-0.2, -0.15) is 0 Å². The van der Waals surface area contributed by atoms with Crippen molar-refractivity contribution in [1.29, 1.82) is 0 Å². The van der Waals surface area contributed by atoms with Crippen LogP contribution in [0.25, 0.3) is 0 Å². The smallest absolute Gasteiger partial charge is 0.330 e. The number of aromatic nitrogens is 2. The molecule has 1 aromatic heterocycles. The van der Waals surface area contributed by atoms with Crippen molar-refractivity contribution in [3.05, 3.63) is 74.4 Å². The standard InChI is InChI=1S/C24H29N5O6/c1-28(14-20(30)26-12-16-10-18(34-3)19(35-4)11-17(16)33-2)21-22(25)29(24(32)27-23(21)31)13-15-8-6-5-7-9-15/h5-11H,12-14,25H2,1-4H3,(H,26,30)(H,27,31,32). The first kappa shape index (κ1) is 25.2. The molecule has 11 nitrogen and oxygen atoms in total. The van der Waals surface area contributed by atoms with Crippen molar-refractivity contribution in [2.45, 2.75) is 13.1 Å². The zero-order valence-electron chi connectivity index (χ0n) is 20.1. The minimum Gasteiger partial charge on any atom is -0.496 e. The number of hydrogen-bond acceptors (Lipinski definition) is 8. The highest BCUT2D eigenvalue weighted by molar-refractivity contribution is 5.82. The number of hydrogen-bond donors (Lipinski definition) is 3. The van der Waals surface area contributed by atoms with E-state index in [0.717, 1.165) is 5.56 Å². The molecule has 0 radical (unpaired) electrons. The average Bonchev–Trinajstić information content (AvgIpc) is 2.85. The number of rotatable bonds is 10. The predicted octanol–water partition coefficient (Wildman–Crippen LogP) is 0.946. The van der Waals surface area contributed by atoms with Crippen molar-refractivity contribution in [2.75, 3.05) is 45.6 Å². The van der Waals surface area contributed by atoms with Crippen molar-refractivity contribution >= 4 is 17.4 Å². The van der Waals surface area contributed by atoms with Gasteiger partial charge in [-0.25, -0.2) is 4.79 Å². The van der Waals surface area contributed by atoms with Gasteiger partial charge < -0.3 is 30.2 Å². The molecule has 0 aliphatic carbocycles. The van der Waals surface area contributed by atoms with E-state index in [-0.39, 0.29) is 37.0 Å². The number of amides is 1. The van der Waals surface area contributed by atoms with Gasteiger partial charge in [0.25, 0.3) is 5.56 Å². The Kier molecular flexibility index (Phi) is 8.03. The maximum atomic E-state index is 12.7. The number of ether oxygens (including phenoxy) is 3. The van der Waals surface area contributed by atoms with E-state index in [1.165, 1.54) is 30.8 Å². The van der Waals surface area contributed by atoms with E-state index >= 15 is 0 Å². The molecule has 3 aromatic rings. The lowest BCUT2D eigenvalue weighted by Crippen LogP contribution is -2.41. The van der Waals surface area contributed by atoms with Crippen LogP contribution in [-0.4, -0.2) is 50.4 Å². The zero-order valence-corrected chi connectivity index (χ0v) is 20.1. The molecule has 2 aromatic carbocycles. The summed E-state index contributed by atoms with van der Waals surface area (Å²) in [7, 11) is 6.10. The second-order valence-electron chi connectivity index (χ2n) is 7.72. The molecule has 0 aliphatic heterocycles. The van der Waals surface area contributed by atoms with E-state index in [9.17, 15) is 14.4 Å². The average molecular weight is 484 g/mol. The summed E-state index contributed by atoms with van der Waals surface area (Å²) < 4.78 is 17.2. The van der Waals surface area contributed by atoms with Crippen molar-refractivity contribution in [2.24, 2.45) is 0 Å². The quantitative estimate of drug-likeness (QED) is 0.387. The maximum Gasteiger partial charge on any atom is 0.330 e. The minimum atomic E-state index is -0.673. The van der Waals surface area contributed by atoms with Gasteiger partial charge >= 0.3 is 5.69 Å². The number of aromatic amines is 1. The molecule has 4 N–H and O–H groups in total. The number of anilines is 2. The van der Waals surface area contributed by atoms with Crippen molar-refractivity contribution in [3.63, 3.8) is 0 Å². The number of methoxy groups -OCH3 is 3. The Balaban J connectivity index is 1.76. The Morgan fingerprint density at radius 2 is 1.66 bits per heavy atom. The summed E-state index contributed by atoms with van der Waals surface area (Å²) in [4.78, 5) is 41.2. The first-order valence-corrected chi connectivity index (χ1v) is 10.7. The van der Waals surface area contributed by atoms with Crippen LogP contribution >= 0.6 is 0 Å². The highest BCUT2D eigenvalue weighted by atomic mass is 16.5. The third-order valence-electron chi connectivity index (χ3n) is 5.42. The van der Waals surface area contributed by atoms with E-state index in [4.69, 9.17) is 19.9 Å². The van der Waals surface area contributed by atoms with Crippen LogP contribution in [-0.2, 0) is 17.9 Å². The van der Waals surface area contributed by atoms with E-state index in [2.05, 4.69) is 10.3 Å². The highest BCUT2D eigenvalue weighted by Gasteiger charge is 2.19. The third kappa shape index (κ3) is 5.75. The number of carbonyl (C=O) groups excluding carboxylic acids is 1. The Morgan fingerprint density at radius 3 is 2.29 bits per heavy atom. The number of carbonyl (C=O) groups is 1. The summed E-state index contributed by atoms with van der Waals surface area (Å²) in [6.07, 6.45) is 0. The summed E-state index contributed by atoms with van der Waals surface area (Å²) in [5.74, 6) is 1.11. The summed E-state index contributed by atoms with van der Waals surface area (Å²) >= 11 is 0. The van der Waals surface area contributed by atoms with Gasteiger partial charge in [0.1, 0.15) is 17.3 Å². The highest BCUT2D eigenvalue weighted by Crippen LogP contribution is 2.34. The molecule has 186 valence electrons. The largest absolute Gasteiger partial charge is 0.496 e. The molecule has 0 saturated heterocycles. The maximum absolute atomic E-state index is 12.7. The fourth-order valence-corrected chi connectivity index (χ4v) is 3.64. The van der Waals surface area contributed by atoms with Crippen molar-refractivity contribution < 1.29 is 19.0 Å². The van der Waals surface area contributed by atoms with Crippen LogP contribution in [0.2, 0.25) is 0 Å². The van der Waals surface area contributed by atoms with Gasteiger partial charge in [0, 0.05) is 25.2 Å². The first-order chi connectivity index (χ1) is 16.8. The number of nitrogens with one attached hydrogen (secondary N) is 2. The van der Waals surface area contributed by atoms with E-state index in [1.54, 1.807) is 19.2 Å². The normalized spacial score (nSPS) is 10.5. The monoisotopic (exact) mass is 483 g/mol. The lowest BCUT2D eigenvalue weighted by atomic mass is 10.1. The van der Waals surface area contributed by atoms with Crippen LogP contribution in [0.3, 0.4) is 0 Å². The number of nitrogens with two attached hydrogens (primary N) is 1. The van der Waals surface area contributed by atoms with Gasteiger partial charge in [-0.15, -0.1) is 0 Å². The van der Waals surface area contributed by atoms with Crippen LogP contribution in [0, 0.1) is 0 Å². The molecule has 1 amide bonds. The molecule has 0 bridgehead atoms. The molecule has 0 saturated carbocycles. The van der Waals surface area contributed by atoms with E-state index in [0.29, 0.717) is 22.8 Å². The van der Waals surface area contributed by atoms with Crippen molar-refractivity contribution in [3.8, 4) is 17.2 Å².